The van der Waals surface area contributed by atoms with Gasteiger partial charge in [-0.25, -0.2) is 0 Å². The van der Waals surface area contributed by atoms with Crippen molar-refractivity contribution in [3.05, 3.63) is 47.0 Å². The Morgan fingerprint density at radius 1 is 1.09 bits per heavy atom. The summed E-state index contributed by atoms with van der Waals surface area (Å²) in [5.41, 5.74) is -0.807. The summed E-state index contributed by atoms with van der Waals surface area (Å²) in [6, 6.07) is 8.81. The number of phenols is 1. The van der Waals surface area contributed by atoms with E-state index in [1.807, 2.05) is 6.07 Å². The van der Waals surface area contributed by atoms with Crippen LogP contribution in [0, 0.1) is 22.7 Å². The summed E-state index contributed by atoms with van der Waals surface area (Å²) in [6.45, 7) is 0. The topological polar surface area (TPSA) is 77.0 Å². The number of methoxy groups -OCH3 is 1. The van der Waals surface area contributed by atoms with Crippen molar-refractivity contribution >= 4 is 0 Å². The Hall–Kier alpha value is -3.19. The van der Waals surface area contributed by atoms with Crippen LogP contribution >= 0.6 is 0 Å². The van der Waals surface area contributed by atoms with E-state index in [-0.39, 0.29) is 28.0 Å². The van der Waals surface area contributed by atoms with Crippen LogP contribution in [0.3, 0.4) is 0 Å². The number of halogens is 3. The van der Waals surface area contributed by atoms with Gasteiger partial charge in [0, 0.05) is 11.6 Å². The van der Waals surface area contributed by atoms with Crippen LogP contribution < -0.4 is 4.74 Å². The monoisotopic (exact) mass is 318 g/mol. The van der Waals surface area contributed by atoms with Crippen molar-refractivity contribution in [3.63, 3.8) is 0 Å². The van der Waals surface area contributed by atoms with Crippen LogP contribution in [0.2, 0.25) is 0 Å². The third-order valence-corrected chi connectivity index (χ3v) is 3.22. The molecule has 0 aliphatic rings. The number of alkyl halides is 3. The molecule has 0 saturated heterocycles. The van der Waals surface area contributed by atoms with Crippen molar-refractivity contribution in [2.45, 2.75) is 6.18 Å². The van der Waals surface area contributed by atoms with Gasteiger partial charge in [-0.15, -0.1) is 0 Å². The molecule has 0 aliphatic heterocycles. The molecule has 4 nitrogen and oxygen atoms in total. The highest BCUT2D eigenvalue weighted by molar-refractivity contribution is 5.81. The van der Waals surface area contributed by atoms with Gasteiger partial charge in [0.1, 0.15) is 11.6 Å². The zero-order valence-corrected chi connectivity index (χ0v) is 11.8. The summed E-state index contributed by atoms with van der Waals surface area (Å²) in [6.07, 6.45) is -4.49. The minimum absolute atomic E-state index is 0.0101. The van der Waals surface area contributed by atoms with E-state index >= 15 is 0 Å². The Balaban J connectivity index is 2.71. The van der Waals surface area contributed by atoms with Gasteiger partial charge in [0.05, 0.1) is 24.3 Å². The predicted molar refractivity (Wildman–Crippen MR) is 74.5 cm³/mol. The number of hydrogen-bond acceptors (Lipinski definition) is 4. The normalized spacial score (nSPS) is 10.7. The molecule has 0 radical (unpaired) electrons. The lowest BCUT2D eigenvalue weighted by Crippen LogP contribution is -2.04. The Kier molecular flexibility index (Phi) is 4.15. The summed E-state index contributed by atoms with van der Waals surface area (Å²) in [5, 5.41) is 28.4. The van der Waals surface area contributed by atoms with Crippen LogP contribution in [0.5, 0.6) is 11.5 Å². The summed E-state index contributed by atoms with van der Waals surface area (Å²) in [4.78, 5) is 0. The fraction of sp³-hybridized carbons (Fsp3) is 0.125. The molecule has 2 rings (SSSR count). The number of ether oxygens (including phenoxy) is 1. The van der Waals surface area contributed by atoms with Crippen LogP contribution in [0.1, 0.15) is 16.7 Å². The third kappa shape index (κ3) is 2.90. The first-order chi connectivity index (χ1) is 10.8. The fourth-order valence-corrected chi connectivity index (χ4v) is 2.13. The maximum Gasteiger partial charge on any atom is 0.416 e. The van der Waals surface area contributed by atoms with Crippen molar-refractivity contribution in [3.8, 4) is 34.8 Å². The van der Waals surface area contributed by atoms with E-state index in [1.54, 1.807) is 6.07 Å². The first-order valence-corrected chi connectivity index (χ1v) is 6.25. The van der Waals surface area contributed by atoms with Crippen LogP contribution in [-0.4, -0.2) is 12.2 Å². The molecule has 23 heavy (non-hydrogen) atoms. The van der Waals surface area contributed by atoms with Crippen LogP contribution in [-0.2, 0) is 6.18 Å². The van der Waals surface area contributed by atoms with E-state index < -0.39 is 17.5 Å². The molecule has 2 aromatic rings. The van der Waals surface area contributed by atoms with E-state index in [9.17, 15) is 28.8 Å². The zero-order chi connectivity index (χ0) is 17.2. The highest BCUT2D eigenvalue weighted by atomic mass is 19.4. The quantitative estimate of drug-likeness (QED) is 0.913. The molecule has 0 fully saturated rings. The Morgan fingerprint density at radius 2 is 1.70 bits per heavy atom. The molecular weight excluding hydrogens is 309 g/mol. The highest BCUT2D eigenvalue weighted by Crippen LogP contribution is 2.40. The van der Waals surface area contributed by atoms with E-state index in [1.165, 1.54) is 13.2 Å². The van der Waals surface area contributed by atoms with Crippen molar-refractivity contribution in [2.24, 2.45) is 0 Å². The maximum absolute atomic E-state index is 12.6. The Bertz CT molecular complexity index is 829. The molecule has 1 N–H and O–H groups in total. The molecule has 116 valence electrons. The molecule has 0 amide bonds. The molecule has 0 spiro atoms. The molecule has 7 heteroatoms. The van der Waals surface area contributed by atoms with Gasteiger partial charge in [-0.2, -0.15) is 23.7 Å². The maximum atomic E-state index is 12.6. The molecule has 0 heterocycles. The van der Waals surface area contributed by atoms with Gasteiger partial charge in [-0.3, -0.25) is 0 Å². The largest absolute Gasteiger partial charge is 0.503 e. The van der Waals surface area contributed by atoms with Crippen molar-refractivity contribution in [1.82, 2.24) is 0 Å². The SMILES string of the molecule is COc1cc(C#N)c(-c2ccc(C(F)(F)F)cc2)c(C#N)c1O. The second-order valence-corrected chi connectivity index (χ2v) is 4.52. The first-order valence-electron chi connectivity index (χ1n) is 6.25. The minimum atomic E-state index is -4.49. The summed E-state index contributed by atoms with van der Waals surface area (Å²) in [7, 11) is 1.26. The average Bonchev–Trinajstić information content (AvgIpc) is 2.53. The van der Waals surface area contributed by atoms with Crippen molar-refractivity contribution in [1.29, 1.82) is 10.5 Å². The third-order valence-electron chi connectivity index (χ3n) is 3.22. The molecule has 0 aliphatic carbocycles. The second-order valence-electron chi connectivity index (χ2n) is 4.52. The van der Waals surface area contributed by atoms with Gasteiger partial charge < -0.3 is 9.84 Å². The van der Waals surface area contributed by atoms with E-state index in [0.29, 0.717) is 0 Å². The zero-order valence-electron chi connectivity index (χ0n) is 11.8. The Morgan fingerprint density at radius 3 is 2.13 bits per heavy atom. The lowest BCUT2D eigenvalue weighted by atomic mass is 9.93. The number of phenolic OH excluding ortho intramolecular Hbond substituents is 1. The Labute approximate surface area is 129 Å². The number of nitriles is 2. The number of nitrogens with zero attached hydrogens (tertiary/aromatic N) is 2. The van der Waals surface area contributed by atoms with Crippen molar-refractivity contribution in [2.75, 3.05) is 7.11 Å². The molecule has 0 unspecified atom stereocenters. The second kappa shape index (κ2) is 5.90. The number of benzene rings is 2. The lowest BCUT2D eigenvalue weighted by Gasteiger charge is -2.13. The number of aromatic hydroxyl groups is 1. The van der Waals surface area contributed by atoms with Gasteiger partial charge in [0.2, 0.25) is 0 Å². The number of hydrogen-bond donors (Lipinski definition) is 1. The smallest absolute Gasteiger partial charge is 0.416 e. The molecule has 2 aromatic carbocycles. The van der Waals surface area contributed by atoms with E-state index in [4.69, 9.17) is 4.74 Å². The van der Waals surface area contributed by atoms with Gasteiger partial charge in [0.15, 0.2) is 11.5 Å². The standard InChI is InChI=1S/C16H9F3N2O2/c1-23-13-6-10(7-20)14(12(8-21)15(13)22)9-2-4-11(5-3-9)16(17,18)19/h2-6,22H,1H3. The molecule has 0 atom stereocenters. The molecule has 0 saturated carbocycles. The van der Waals surface area contributed by atoms with Crippen molar-refractivity contribution < 1.29 is 23.0 Å². The highest BCUT2D eigenvalue weighted by Gasteiger charge is 2.30. The van der Waals surface area contributed by atoms with E-state index in [0.717, 1.165) is 24.3 Å². The van der Waals surface area contributed by atoms with Crippen LogP contribution in [0.15, 0.2) is 30.3 Å². The molecule has 0 aromatic heterocycles. The molecular formula is C16H9F3N2O2. The molecule has 0 bridgehead atoms. The van der Waals surface area contributed by atoms with Crippen LogP contribution in [0.25, 0.3) is 11.1 Å². The van der Waals surface area contributed by atoms with Gasteiger partial charge in [-0.1, -0.05) is 12.1 Å². The average molecular weight is 318 g/mol. The lowest BCUT2D eigenvalue weighted by molar-refractivity contribution is -0.137. The number of rotatable bonds is 2. The predicted octanol–water partition coefficient (Wildman–Crippen LogP) is 3.83. The van der Waals surface area contributed by atoms with Gasteiger partial charge in [-0.05, 0) is 17.7 Å². The van der Waals surface area contributed by atoms with Crippen LogP contribution in [0.4, 0.5) is 13.2 Å². The fourth-order valence-electron chi connectivity index (χ4n) is 2.13. The van der Waals surface area contributed by atoms with Gasteiger partial charge >= 0.3 is 6.18 Å². The first kappa shape index (κ1) is 16.2. The summed E-state index contributed by atoms with van der Waals surface area (Å²) in [5.74, 6) is -0.530. The van der Waals surface area contributed by atoms with Gasteiger partial charge in [0.25, 0.3) is 0 Å². The summed E-state index contributed by atoms with van der Waals surface area (Å²) >= 11 is 0. The summed E-state index contributed by atoms with van der Waals surface area (Å²) < 4.78 is 42.7. The minimum Gasteiger partial charge on any atom is -0.503 e. The van der Waals surface area contributed by atoms with E-state index in [2.05, 4.69) is 0 Å².